The van der Waals surface area contributed by atoms with E-state index < -0.39 is 0 Å². The van der Waals surface area contributed by atoms with E-state index in [1.54, 1.807) is 0 Å². The Morgan fingerprint density at radius 3 is 2.89 bits per heavy atom. The van der Waals surface area contributed by atoms with Crippen molar-refractivity contribution >= 4 is 8.30 Å². The normalized spacial score (nSPS) is 29.3. The fraction of sp³-hybridized carbons (Fsp3) is 1.00. The van der Waals surface area contributed by atoms with E-state index in [4.69, 9.17) is 4.52 Å². The van der Waals surface area contributed by atoms with Crippen LogP contribution in [0.25, 0.3) is 0 Å². The van der Waals surface area contributed by atoms with Gasteiger partial charge < -0.3 is 4.52 Å². The molecule has 1 unspecified atom stereocenters. The Bertz CT molecular complexity index is 89.1. The molecule has 1 aliphatic heterocycles. The molecule has 1 aliphatic rings. The summed E-state index contributed by atoms with van der Waals surface area (Å²) in [6.45, 7) is 7.69. The van der Waals surface area contributed by atoms with E-state index in [-0.39, 0.29) is 8.30 Å². The lowest BCUT2D eigenvalue weighted by Gasteiger charge is -2.16. The zero-order chi connectivity index (χ0) is 6.69. The molecule has 0 aromatic carbocycles. The van der Waals surface area contributed by atoms with Gasteiger partial charge in [0.15, 0.2) is 0 Å². The van der Waals surface area contributed by atoms with Crippen molar-refractivity contribution in [3.8, 4) is 0 Å². The Balaban J connectivity index is 2.22. The lowest BCUT2D eigenvalue weighted by Crippen LogP contribution is -2.14. The topological polar surface area (TPSA) is 12.5 Å². The molecule has 0 spiro atoms. The van der Waals surface area contributed by atoms with E-state index in [1.807, 2.05) is 0 Å². The first-order valence-electron chi connectivity index (χ1n) is 3.46. The van der Waals surface area contributed by atoms with Crippen molar-refractivity contribution < 1.29 is 4.52 Å². The average Bonchev–Trinajstić information content (AvgIpc) is 2.18. The first-order valence-corrected chi connectivity index (χ1v) is 5.12. The van der Waals surface area contributed by atoms with Crippen LogP contribution in [-0.4, -0.2) is 31.0 Å². The Kier molecular flexibility index (Phi) is 2.90. The van der Waals surface area contributed by atoms with Gasteiger partial charge in [-0.1, -0.05) is 6.92 Å². The van der Waals surface area contributed by atoms with Gasteiger partial charge in [0.2, 0.25) is 0 Å². The van der Waals surface area contributed by atoms with Crippen molar-refractivity contribution in [1.82, 2.24) is 4.67 Å². The zero-order valence-electron chi connectivity index (χ0n) is 6.13. The summed E-state index contributed by atoms with van der Waals surface area (Å²) in [6.07, 6.45) is 1.25. The van der Waals surface area contributed by atoms with E-state index in [0.29, 0.717) is 0 Å². The van der Waals surface area contributed by atoms with Crippen LogP contribution in [-0.2, 0) is 4.52 Å². The van der Waals surface area contributed by atoms with Gasteiger partial charge in [-0.3, -0.25) is 4.67 Å². The minimum absolute atomic E-state index is 0.201. The third kappa shape index (κ3) is 1.89. The van der Waals surface area contributed by atoms with Crippen LogP contribution in [0.5, 0.6) is 0 Å². The first-order chi connectivity index (χ1) is 4.34. The third-order valence-electron chi connectivity index (χ3n) is 1.51. The molecule has 1 fully saturated rings. The minimum Gasteiger partial charge on any atom is -0.342 e. The van der Waals surface area contributed by atoms with Crippen molar-refractivity contribution in [3.63, 3.8) is 0 Å². The van der Waals surface area contributed by atoms with Crippen molar-refractivity contribution in [2.75, 3.05) is 26.4 Å². The summed E-state index contributed by atoms with van der Waals surface area (Å²) in [5.74, 6) is 0. The van der Waals surface area contributed by atoms with Crippen LogP contribution >= 0.6 is 8.30 Å². The highest BCUT2D eigenvalue weighted by Crippen LogP contribution is 2.41. The van der Waals surface area contributed by atoms with Crippen LogP contribution in [0.2, 0.25) is 0 Å². The summed E-state index contributed by atoms with van der Waals surface area (Å²) in [4.78, 5) is 0. The maximum Gasteiger partial charge on any atom is 0.101 e. The third-order valence-corrected chi connectivity index (χ3v) is 3.26. The largest absolute Gasteiger partial charge is 0.342 e. The predicted octanol–water partition coefficient (Wildman–Crippen LogP) is 1.67. The Hall–Kier alpha value is 0.350. The highest BCUT2D eigenvalue weighted by Gasteiger charge is 2.19. The van der Waals surface area contributed by atoms with Gasteiger partial charge in [-0.2, -0.15) is 0 Å². The average molecular weight is 147 g/mol. The van der Waals surface area contributed by atoms with Gasteiger partial charge >= 0.3 is 0 Å². The van der Waals surface area contributed by atoms with Gasteiger partial charge in [0.25, 0.3) is 0 Å². The smallest absolute Gasteiger partial charge is 0.101 e. The molecule has 0 aromatic heterocycles. The molecule has 2 nitrogen and oxygen atoms in total. The fourth-order valence-electron chi connectivity index (χ4n) is 1.01. The molecule has 0 amide bonds. The zero-order valence-corrected chi connectivity index (χ0v) is 7.03. The summed E-state index contributed by atoms with van der Waals surface area (Å²) < 4.78 is 7.83. The van der Waals surface area contributed by atoms with Gasteiger partial charge in [0.1, 0.15) is 8.30 Å². The molecular weight excluding hydrogens is 133 g/mol. The van der Waals surface area contributed by atoms with Crippen molar-refractivity contribution in [3.05, 3.63) is 0 Å². The molecule has 0 saturated carbocycles. The second-order valence-corrected chi connectivity index (χ2v) is 4.00. The maximum atomic E-state index is 5.41. The number of hydrogen-bond donors (Lipinski definition) is 0. The van der Waals surface area contributed by atoms with Crippen LogP contribution in [0, 0.1) is 0 Å². The van der Waals surface area contributed by atoms with Gasteiger partial charge in [-0.25, -0.2) is 0 Å². The molecular formula is C6H14NOP. The second-order valence-electron chi connectivity index (χ2n) is 2.25. The Labute approximate surface area is 58.1 Å². The minimum atomic E-state index is -0.201. The molecule has 1 atom stereocenters. The summed E-state index contributed by atoms with van der Waals surface area (Å²) in [5.41, 5.74) is 0. The molecule has 3 heteroatoms. The molecule has 54 valence electrons. The predicted molar refractivity (Wildman–Crippen MR) is 40.7 cm³/mol. The van der Waals surface area contributed by atoms with E-state index in [9.17, 15) is 0 Å². The number of rotatable bonds is 2. The highest BCUT2D eigenvalue weighted by atomic mass is 31.2. The molecule has 1 heterocycles. The van der Waals surface area contributed by atoms with Gasteiger partial charge in [-0.05, 0) is 13.1 Å². The Morgan fingerprint density at radius 2 is 2.44 bits per heavy atom. The SMILES string of the molecule is CCCN1CCOP1C. The van der Waals surface area contributed by atoms with Crippen LogP contribution in [0.15, 0.2) is 0 Å². The Morgan fingerprint density at radius 1 is 1.67 bits per heavy atom. The van der Waals surface area contributed by atoms with E-state index >= 15 is 0 Å². The molecule has 0 aliphatic carbocycles. The number of nitrogens with zero attached hydrogens (tertiary/aromatic N) is 1. The van der Waals surface area contributed by atoms with Crippen LogP contribution in [0.3, 0.4) is 0 Å². The van der Waals surface area contributed by atoms with Crippen LogP contribution in [0.4, 0.5) is 0 Å². The lowest BCUT2D eigenvalue weighted by molar-refractivity contribution is 0.391. The summed E-state index contributed by atoms with van der Waals surface area (Å²) in [5, 5.41) is 0. The van der Waals surface area contributed by atoms with E-state index in [2.05, 4.69) is 18.3 Å². The van der Waals surface area contributed by atoms with Gasteiger partial charge in [0, 0.05) is 13.1 Å². The summed E-state index contributed by atoms with van der Waals surface area (Å²) in [6, 6.07) is 0. The van der Waals surface area contributed by atoms with Crippen molar-refractivity contribution in [1.29, 1.82) is 0 Å². The summed E-state index contributed by atoms with van der Waals surface area (Å²) in [7, 11) is -0.201. The highest BCUT2D eigenvalue weighted by molar-refractivity contribution is 7.49. The fourth-order valence-corrected chi connectivity index (χ4v) is 2.37. The quantitative estimate of drug-likeness (QED) is 0.551. The van der Waals surface area contributed by atoms with E-state index in [0.717, 1.165) is 13.2 Å². The standard InChI is InChI=1S/C6H14NOP/c1-3-4-7-5-6-8-9(7)2/h3-6H2,1-2H3. The van der Waals surface area contributed by atoms with E-state index in [1.165, 1.54) is 13.0 Å². The van der Waals surface area contributed by atoms with Crippen molar-refractivity contribution in [2.45, 2.75) is 13.3 Å². The van der Waals surface area contributed by atoms with Crippen LogP contribution < -0.4 is 0 Å². The van der Waals surface area contributed by atoms with Gasteiger partial charge in [-0.15, -0.1) is 0 Å². The molecule has 1 saturated heterocycles. The molecule has 0 N–H and O–H groups in total. The molecule has 0 bridgehead atoms. The molecule has 1 rings (SSSR count). The molecule has 0 radical (unpaired) electrons. The van der Waals surface area contributed by atoms with Crippen molar-refractivity contribution in [2.24, 2.45) is 0 Å². The molecule has 0 aromatic rings. The number of hydrogen-bond acceptors (Lipinski definition) is 2. The molecule has 9 heavy (non-hydrogen) atoms. The monoisotopic (exact) mass is 147 g/mol. The van der Waals surface area contributed by atoms with Crippen LogP contribution in [0.1, 0.15) is 13.3 Å². The maximum absolute atomic E-state index is 5.41. The second kappa shape index (κ2) is 3.50. The summed E-state index contributed by atoms with van der Waals surface area (Å²) >= 11 is 0. The van der Waals surface area contributed by atoms with Gasteiger partial charge in [0.05, 0.1) is 6.61 Å². The first kappa shape index (κ1) is 7.46. The lowest BCUT2D eigenvalue weighted by atomic mass is 10.5.